The number of nitrogens with zero attached hydrogens (tertiary/aromatic N) is 2. The number of aliphatic hydroxyl groups excluding tert-OH is 1. The van der Waals surface area contributed by atoms with E-state index in [0.29, 0.717) is 13.1 Å². The second kappa shape index (κ2) is 2.49. The molecular formula is C6H8BrN3O. The van der Waals surface area contributed by atoms with Gasteiger partial charge in [0, 0.05) is 6.54 Å². The van der Waals surface area contributed by atoms with E-state index in [1.54, 1.807) is 10.9 Å². The number of aromatic nitrogens is 2. The molecule has 1 aromatic heterocycles. The van der Waals surface area contributed by atoms with Gasteiger partial charge in [0.25, 0.3) is 0 Å². The molecule has 0 bridgehead atoms. The van der Waals surface area contributed by atoms with Gasteiger partial charge >= 0.3 is 0 Å². The van der Waals surface area contributed by atoms with E-state index in [1.807, 2.05) is 0 Å². The molecule has 1 aliphatic rings. The first-order valence-electron chi connectivity index (χ1n) is 3.40. The van der Waals surface area contributed by atoms with Crippen LogP contribution in [0.2, 0.25) is 0 Å². The van der Waals surface area contributed by atoms with E-state index in [1.165, 1.54) is 0 Å². The lowest BCUT2D eigenvalue weighted by Gasteiger charge is -2.20. The number of anilines is 1. The fourth-order valence-corrected chi connectivity index (χ4v) is 1.59. The number of hydrogen-bond acceptors (Lipinski definition) is 3. The van der Waals surface area contributed by atoms with Crippen molar-refractivity contribution < 1.29 is 5.11 Å². The van der Waals surface area contributed by atoms with Crippen LogP contribution in [0.5, 0.6) is 0 Å². The highest BCUT2D eigenvalue weighted by Crippen LogP contribution is 2.23. The van der Waals surface area contributed by atoms with Gasteiger partial charge in [0.2, 0.25) is 0 Å². The average molecular weight is 218 g/mol. The molecule has 0 radical (unpaired) electrons. The number of aliphatic hydroxyl groups is 1. The zero-order valence-corrected chi connectivity index (χ0v) is 7.37. The van der Waals surface area contributed by atoms with E-state index in [-0.39, 0.29) is 6.10 Å². The molecule has 2 rings (SSSR count). The van der Waals surface area contributed by atoms with E-state index in [9.17, 15) is 5.11 Å². The molecule has 1 atom stereocenters. The van der Waals surface area contributed by atoms with Crippen molar-refractivity contribution in [3.05, 3.63) is 10.7 Å². The Balaban J connectivity index is 2.36. The van der Waals surface area contributed by atoms with Gasteiger partial charge in [-0.05, 0) is 15.9 Å². The lowest BCUT2D eigenvalue weighted by atomic mass is 10.3. The minimum absolute atomic E-state index is 0.325. The number of halogens is 1. The summed E-state index contributed by atoms with van der Waals surface area (Å²) in [5.41, 5.74) is 0. The van der Waals surface area contributed by atoms with Crippen LogP contribution in [0.15, 0.2) is 10.7 Å². The van der Waals surface area contributed by atoms with Crippen molar-refractivity contribution in [3.63, 3.8) is 0 Å². The Morgan fingerprint density at radius 2 is 2.64 bits per heavy atom. The monoisotopic (exact) mass is 217 g/mol. The largest absolute Gasteiger partial charge is 0.389 e. The minimum Gasteiger partial charge on any atom is -0.389 e. The number of hydrogen-bond donors (Lipinski definition) is 2. The van der Waals surface area contributed by atoms with Crippen LogP contribution in [0.25, 0.3) is 0 Å². The molecule has 4 nitrogen and oxygen atoms in total. The first-order chi connectivity index (χ1) is 5.27. The third-order valence-corrected chi connectivity index (χ3v) is 2.26. The van der Waals surface area contributed by atoms with Gasteiger partial charge in [0.05, 0.1) is 23.3 Å². The summed E-state index contributed by atoms with van der Waals surface area (Å²) in [5.74, 6) is 0.954. The molecule has 1 aromatic rings. The fraction of sp³-hybridized carbons (Fsp3) is 0.500. The van der Waals surface area contributed by atoms with E-state index in [4.69, 9.17) is 0 Å². The summed E-state index contributed by atoms with van der Waals surface area (Å²) in [7, 11) is 0. The molecule has 0 aliphatic carbocycles. The Hall–Kier alpha value is -0.550. The van der Waals surface area contributed by atoms with Crippen molar-refractivity contribution >= 4 is 21.7 Å². The summed E-state index contributed by atoms with van der Waals surface area (Å²) in [4.78, 5) is 0. The van der Waals surface area contributed by atoms with Gasteiger partial charge < -0.3 is 10.4 Å². The third-order valence-electron chi connectivity index (χ3n) is 1.68. The van der Waals surface area contributed by atoms with Gasteiger partial charge in [-0.1, -0.05) is 0 Å². The van der Waals surface area contributed by atoms with Crippen LogP contribution >= 0.6 is 15.9 Å². The average Bonchev–Trinajstić information content (AvgIpc) is 2.32. The van der Waals surface area contributed by atoms with Crippen LogP contribution in [-0.2, 0) is 6.54 Å². The molecule has 0 saturated heterocycles. The zero-order chi connectivity index (χ0) is 7.84. The molecule has 1 unspecified atom stereocenters. The molecular weight excluding hydrogens is 210 g/mol. The molecule has 0 saturated carbocycles. The SMILES string of the molecule is OC1CNc2c(Br)cnn2C1. The predicted molar refractivity (Wildman–Crippen MR) is 44.4 cm³/mol. The van der Waals surface area contributed by atoms with Crippen molar-refractivity contribution in [2.75, 3.05) is 11.9 Å². The van der Waals surface area contributed by atoms with Crippen molar-refractivity contribution in [1.29, 1.82) is 0 Å². The summed E-state index contributed by atoms with van der Waals surface area (Å²) in [6.07, 6.45) is 1.40. The van der Waals surface area contributed by atoms with Gasteiger partial charge in [0.15, 0.2) is 0 Å². The van der Waals surface area contributed by atoms with Crippen LogP contribution < -0.4 is 5.32 Å². The normalized spacial score (nSPS) is 22.5. The molecule has 60 valence electrons. The molecule has 0 fully saturated rings. The van der Waals surface area contributed by atoms with Gasteiger partial charge in [-0.2, -0.15) is 5.10 Å². The molecule has 2 heterocycles. The molecule has 0 spiro atoms. The van der Waals surface area contributed by atoms with Crippen LogP contribution in [0.4, 0.5) is 5.82 Å². The number of rotatable bonds is 0. The number of β-amino-alcohol motifs (C(OH)–C–C–N with tert-alkyl or cyclic N) is 1. The lowest BCUT2D eigenvalue weighted by molar-refractivity contribution is 0.155. The Kier molecular flexibility index (Phi) is 1.61. The second-order valence-corrected chi connectivity index (χ2v) is 3.41. The van der Waals surface area contributed by atoms with Gasteiger partial charge in [-0.15, -0.1) is 0 Å². The maximum atomic E-state index is 9.23. The van der Waals surface area contributed by atoms with Gasteiger partial charge in [-0.25, -0.2) is 4.68 Å². The lowest BCUT2D eigenvalue weighted by Crippen LogP contribution is -2.31. The van der Waals surface area contributed by atoms with Crippen LogP contribution in [0.3, 0.4) is 0 Å². The van der Waals surface area contributed by atoms with Crippen LogP contribution in [0, 0.1) is 0 Å². The van der Waals surface area contributed by atoms with Crippen molar-refractivity contribution in [2.24, 2.45) is 0 Å². The first-order valence-corrected chi connectivity index (χ1v) is 4.20. The Bertz CT molecular complexity index is 273. The highest BCUT2D eigenvalue weighted by atomic mass is 79.9. The molecule has 0 aromatic carbocycles. The predicted octanol–water partition coefficient (Wildman–Crippen LogP) is 0.432. The first kappa shape index (κ1) is 7.12. The zero-order valence-electron chi connectivity index (χ0n) is 5.79. The maximum Gasteiger partial charge on any atom is 0.138 e. The van der Waals surface area contributed by atoms with E-state index in [2.05, 4.69) is 26.3 Å². The van der Waals surface area contributed by atoms with Crippen LogP contribution in [0.1, 0.15) is 0 Å². The second-order valence-electron chi connectivity index (χ2n) is 2.56. The number of fused-ring (bicyclic) bond motifs is 1. The molecule has 2 N–H and O–H groups in total. The quantitative estimate of drug-likeness (QED) is 0.663. The molecule has 5 heteroatoms. The van der Waals surface area contributed by atoms with E-state index in [0.717, 1.165) is 10.3 Å². The van der Waals surface area contributed by atoms with Crippen molar-refractivity contribution in [2.45, 2.75) is 12.6 Å². The fourth-order valence-electron chi connectivity index (χ4n) is 1.16. The molecule has 1 aliphatic heterocycles. The van der Waals surface area contributed by atoms with Gasteiger partial charge in [0.1, 0.15) is 5.82 Å². The third kappa shape index (κ3) is 1.14. The topological polar surface area (TPSA) is 50.1 Å². The smallest absolute Gasteiger partial charge is 0.138 e. The van der Waals surface area contributed by atoms with Crippen molar-refractivity contribution in [3.8, 4) is 0 Å². The highest BCUT2D eigenvalue weighted by molar-refractivity contribution is 9.10. The Morgan fingerprint density at radius 1 is 1.82 bits per heavy atom. The van der Waals surface area contributed by atoms with Crippen molar-refractivity contribution in [1.82, 2.24) is 9.78 Å². The molecule has 11 heavy (non-hydrogen) atoms. The Labute approximate surface area is 72.3 Å². The summed E-state index contributed by atoms with van der Waals surface area (Å²) in [6, 6.07) is 0. The highest BCUT2D eigenvalue weighted by Gasteiger charge is 2.17. The summed E-state index contributed by atoms with van der Waals surface area (Å²) >= 11 is 3.34. The summed E-state index contributed by atoms with van der Waals surface area (Å²) in [5, 5.41) is 16.3. The van der Waals surface area contributed by atoms with E-state index >= 15 is 0 Å². The molecule has 0 amide bonds. The number of nitrogens with one attached hydrogen (secondary N) is 1. The van der Waals surface area contributed by atoms with E-state index < -0.39 is 0 Å². The standard InChI is InChI=1S/C6H8BrN3O/c7-5-2-9-10-3-4(11)1-8-6(5)10/h2,4,8,11H,1,3H2. The Morgan fingerprint density at radius 3 is 3.45 bits per heavy atom. The maximum absolute atomic E-state index is 9.23. The van der Waals surface area contributed by atoms with Gasteiger partial charge in [-0.3, -0.25) is 0 Å². The minimum atomic E-state index is -0.325. The summed E-state index contributed by atoms with van der Waals surface area (Å²) < 4.78 is 2.70. The summed E-state index contributed by atoms with van der Waals surface area (Å²) in [6.45, 7) is 1.18. The van der Waals surface area contributed by atoms with Crippen LogP contribution in [-0.4, -0.2) is 27.5 Å².